The number of hydrogen-bond donors (Lipinski definition) is 1. The number of thiazole rings is 1. The molecular formula is C17H23N3S. The smallest absolute Gasteiger partial charge is 0.0794 e. The summed E-state index contributed by atoms with van der Waals surface area (Å²) in [7, 11) is 0. The third-order valence-electron chi connectivity index (χ3n) is 4.20. The van der Waals surface area contributed by atoms with Crippen LogP contribution in [-0.4, -0.2) is 29.0 Å². The van der Waals surface area contributed by atoms with Gasteiger partial charge in [-0.25, -0.2) is 0 Å². The highest BCUT2D eigenvalue weighted by Gasteiger charge is 2.28. The van der Waals surface area contributed by atoms with Crippen LogP contribution in [0.3, 0.4) is 0 Å². The molecule has 1 aliphatic rings. The highest BCUT2D eigenvalue weighted by Crippen LogP contribution is 2.24. The van der Waals surface area contributed by atoms with Crippen LogP contribution >= 0.6 is 11.3 Å². The van der Waals surface area contributed by atoms with Gasteiger partial charge in [0.25, 0.3) is 0 Å². The second kappa shape index (κ2) is 7.16. The van der Waals surface area contributed by atoms with Crippen LogP contribution in [0, 0.1) is 0 Å². The molecule has 0 bridgehead atoms. The molecular weight excluding hydrogens is 278 g/mol. The minimum atomic E-state index is 0.437. The molecule has 112 valence electrons. The van der Waals surface area contributed by atoms with Crippen LogP contribution in [0.1, 0.15) is 36.2 Å². The predicted molar refractivity (Wildman–Crippen MR) is 88.4 cm³/mol. The monoisotopic (exact) mass is 301 g/mol. The van der Waals surface area contributed by atoms with Crippen LogP contribution in [0.15, 0.2) is 42.0 Å². The maximum absolute atomic E-state index is 4.21. The topological polar surface area (TPSA) is 28.2 Å². The molecule has 3 nitrogen and oxygen atoms in total. The van der Waals surface area contributed by atoms with Gasteiger partial charge in [0.1, 0.15) is 0 Å². The summed E-state index contributed by atoms with van der Waals surface area (Å²) in [5.74, 6) is 0. The number of nitrogens with zero attached hydrogens (tertiary/aromatic N) is 2. The van der Waals surface area contributed by atoms with Gasteiger partial charge >= 0.3 is 0 Å². The number of hydrogen-bond acceptors (Lipinski definition) is 4. The van der Waals surface area contributed by atoms with E-state index in [2.05, 4.69) is 52.5 Å². The second-order valence-electron chi connectivity index (χ2n) is 5.71. The lowest BCUT2D eigenvalue weighted by molar-refractivity contribution is 0.116. The van der Waals surface area contributed by atoms with Gasteiger partial charge in [-0.15, -0.1) is 11.3 Å². The quantitative estimate of drug-likeness (QED) is 0.916. The van der Waals surface area contributed by atoms with Crippen LogP contribution in [0.4, 0.5) is 0 Å². The molecule has 2 heterocycles. The van der Waals surface area contributed by atoms with Crippen molar-refractivity contribution in [2.45, 2.75) is 38.4 Å². The Morgan fingerprint density at radius 2 is 2.19 bits per heavy atom. The molecule has 2 atom stereocenters. The highest BCUT2D eigenvalue weighted by atomic mass is 32.1. The van der Waals surface area contributed by atoms with Crippen LogP contribution in [0.5, 0.6) is 0 Å². The fourth-order valence-corrected chi connectivity index (χ4v) is 3.72. The van der Waals surface area contributed by atoms with Gasteiger partial charge < -0.3 is 5.32 Å². The summed E-state index contributed by atoms with van der Waals surface area (Å²) in [4.78, 5) is 8.21. The average Bonchev–Trinajstić information content (AvgIpc) is 3.03. The molecule has 0 amide bonds. The highest BCUT2D eigenvalue weighted by molar-refractivity contribution is 7.09. The Morgan fingerprint density at radius 1 is 1.33 bits per heavy atom. The van der Waals surface area contributed by atoms with Crippen molar-refractivity contribution in [3.8, 4) is 0 Å². The third kappa shape index (κ3) is 3.70. The van der Waals surface area contributed by atoms with E-state index in [1.54, 1.807) is 11.3 Å². The van der Waals surface area contributed by atoms with Crippen molar-refractivity contribution in [1.82, 2.24) is 15.2 Å². The SMILES string of the molecule is CCCC1CNC(c2ccccc2)CN1Cc1cncs1. The van der Waals surface area contributed by atoms with Gasteiger partial charge in [0.15, 0.2) is 0 Å². The van der Waals surface area contributed by atoms with Crippen molar-refractivity contribution in [2.75, 3.05) is 13.1 Å². The fraction of sp³-hybridized carbons (Fsp3) is 0.471. The van der Waals surface area contributed by atoms with E-state index in [1.807, 2.05) is 11.7 Å². The Hall–Kier alpha value is -1.23. The molecule has 0 spiro atoms. The Kier molecular flexibility index (Phi) is 5.01. The summed E-state index contributed by atoms with van der Waals surface area (Å²) in [6.45, 7) is 5.45. The number of aromatic nitrogens is 1. The molecule has 2 unspecified atom stereocenters. The van der Waals surface area contributed by atoms with E-state index >= 15 is 0 Å². The van der Waals surface area contributed by atoms with Crippen molar-refractivity contribution >= 4 is 11.3 Å². The van der Waals surface area contributed by atoms with Crippen LogP contribution in [0.2, 0.25) is 0 Å². The Balaban J connectivity index is 1.72. The zero-order valence-electron chi connectivity index (χ0n) is 12.5. The second-order valence-corrected chi connectivity index (χ2v) is 6.68. The molecule has 2 aromatic rings. The van der Waals surface area contributed by atoms with Crippen molar-refractivity contribution in [3.63, 3.8) is 0 Å². The van der Waals surface area contributed by atoms with Gasteiger partial charge in [-0.2, -0.15) is 0 Å². The van der Waals surface area contributed by atoms with E-state index in [9.17, 15) is 0 Å². The summed E-state index contributed by atoms with van der Waals surface area (Å²) in [6.07, 6.45) is 4.50. The zero-order valence-corrected chi connectivity index (χ0v) is 13.4. The molecule has 1 fully saturated rings. The van der Waals surface area contributed by atoms with Gasteiger partial charge in [0.2, 0.25) is 0 Å². The maximum atomic E-state index is 4.21. The van der Waals surface area contributed by atoms with E-state index in [-0.39, 0.29) is 0 Å². The van der Waals surface area contributed by atoms with Crippen molar-refractivity contribution in [2.24, 2.45) is 0 Å². The van der Waals surface area contributed by atoms with E-state index in [1.165, 1.54) is 23.3 Å². The molecule has 1 aliphatic heterocycles. The number of nitrogens with one attached hydrogen (secondary N) is 1. The first kappa shape index (κ1) is 14.7. The molecule has 1 aromatic carbocycles. The van der Waals surface area contributed by atoms with Gasteiger partial charge in [0, 0.05) is 42.8 Å². The average molecular weight is 301 g/mol. The van der Waals surface area contributed by atoms with Gasteiger partial charge in [0.05, 0.1) is 5.51 Å². The molecule has 1 saturated heterocycles. The lowest BCUT2D eigenvalue weighted by atomic mass is 9.99. The van der Waals surface area contributed by atoms with E-state index in [0.717, 1.165) is 19.6 Å². The van der Waals surface area contributed by atoms with Crippen LogP contribution in [0.25, 0.3) is 0 Å². The first-order chi connectivity index (χ1) is 10.4. The number of benzene rings is 1. The van der Waals surface area contributed by atoms with Crippen molar-refractivity contribution in [1.29, 1.82) is 0 Å². The van der Waals surface area contributed by atoms with Crippen LogP contribution < -0.4 is 5.32 Å². The van der Waals surface area contributed by atoms with Gasteiger partial charge in [-0.3, -0.25) is 9.88 Å². The molecule has 4 heteroatoms. The Morgan fingerprint density at radius 3 is 2.90 bits per heavy atom. The minimum Gasteiger partial charge on any atom is -0.307 e. The van der Waals surface area contributed by atoms with Gasteiger partial charge in [-0.1, -0.05) is 43.7 Å². The molecule has 21 heavy (non-hydrogen) atoms. The normalized spacial score (nSPS) is 23.3. The molecule has 1 aromatic heterocycles. The van der Waals surface area contributed by atoms with E-state index < -0.39 is 0 Å². The first-order valence-electron chi connectivity index (χ1n) is 7.76. The number of rotatable bonds is 5. The molecule has 0 aliphatic carbocycles. The first-order valence-corrected chi connectivity index (χ1v) is 8.64. The Labute approximate surface area is 131 Å². The van der Waals surface area contributed by atoms with E-state index in [0.29, 0.717) is 12.1 Å². The summed E-state index contributed by atoms with van der Waals surface area (Å²) in [5.41, 5.74) is 3.32. The van der Waals surface area contributed by atoms with E-state index in [4.69, 9.17) is 0 Å². The van der Waals surface area contributed by atoms with Crippen molar-refractivity contribution in [3.05, 3.63) is 52.5 Å². The largest absolute Gasteiger partial charge is 0.307 e. The zero-order chi connectivity index (χ0) is 14.5. The summed E-state index contributed by atoms with van der Waals surface area (Å²) in [5, 5.41) is 3.73. The lowest BCUT2D eigenvalue weighted by Crippen LogP contribution is -2.52. The maximum Gasteiger partial charge on any atom is 0.0794 e. The third-order valence-corrected chi connectivity index (χ3v) is 4.96. The Bertz CT molecular complexity index is 526. The standard InChI is InChI=1S/C17H23N3S/c1-2-6-15-9-19-17(14-7-4-3-5-8-14)12-20(15)11-16-10-18-13-21-16/h3-5,7-8,10,13,15,17,19H,2,6,9,11-12H2,1H3. The molecule has 0 saturated carbocycles. The van der Waals surface area contributed by atoms with Crippen LogP contribution in [-0.2, 0) is 6.54 Å². The van der Waals surface area contributed by atoms with Crippen molar-refractivity contribution < 1.29 is 0 Å². The molecule has 3 rings (SSSR count). The summed E-state index contributed by atoms with van der Waals surface area (Å²) < 4.78 is 0. The van der Waals surface area contributed by atoms with Gasteiger partial charge in [-0.05, 0) is 12.0 Å². The molecule has 0 radical (unpaired) electrons. The summed E-state index contributed by atoms with van der Waals surface area (Å²) >= 11 is 1.76. The minimum absolute atomic E-state index is 0.437. The summed E-state index contributed by atoms with van der Waals surface area (Å²) in [6, 6.07) is 11.9. The number of piperazine rings is 1. The molecule has 1 N–H and O–H groups in total. The fourth-order valence-electron chi connectivity index (χ4n) is 3.10. The lowest BCUT2D eigenvalue weighted by Gasteiger charge is -2.40. The predicted octanol–water partition coefficient (Wildman–Crippen LogP) is 3.46.